The number of carbonyl (C=O) groups is 1. The molecule has 0 atom stereocenters. The van der Waals surface area contributed by atoms with Crippen LogP contribution in [0.1, 0.15) is 27.7 Å². The Morgan fingerprint density at radius 1 is 1.29 bits per heavy atom. The fraction of sp³-hybridized carbons (Fsp3) is 0.909. The SMILES string of the molecule is CCOC(=O)CN(CCS(=O)(=O)CC)C(C)C. The second-order valence-electron chi connectivity index (χ2n) is 4.11. The molecule has 0 spiro atoms. The van der Waals surface area contributed by atoms with Gasteiger partial charge in [0.05, 0.1) is 18.9 Å². The van der Waals surface area contributed by atoms with E-state index in [0.717, 1.165) is 0 Å². The Balaban J connectivity index is 4.31. The van der Waals surface area contributed by atoms with E-state index in [0.29, 0.717) is 13.2 Å². The monoisotopic (exact) mass is 265 g/mol. The first-order valence-electron chi connectivity index (χ1n) is 5.92. The van der Waals surface area contributed by atoms with Crippen molar-refractivity contribution in [3.05, 3.63) is 0 Å². The molecule has 0 radical (unpaired) electrons. The second-order valence-corrected chi connectivity index (χ2v) is 6.58. The van der Waals surface area contributed by atoms with Crippen molar-refractivity contribution < 1.29 is 17.9 Å². The summed E-state index contributed by atoms with van der Waals surface area (Å²) in [6, 6.07) is 0.117. The first-order valence-corrected chi connectivity index (χ1v) is 7.74. The summed E-state index contributed by atoms with van der Waals surface area (Å²) >= 11 is 0. The largest absolute Gasteiger partial charge is 0.465 e. The van der Waals surface area contributed by atoms with Gasteiger partial charge in [-0.25, -0.2) is 8.42 Å². The number of hydrogen-bond donors (Lipinski definition) is 0. The van der Waals surface area contributed by atoms with E-state index < -0.39 is 9.84 Å². The standard InChI is InChI=1S/C11H23NO4S/c1-5-16-11(13)9-12(10(3)4)7-8-17(14,15)6-2/h10H,5-9H2,1-4H3. The summed E-state index contributed by atoms with van der Waals surface area (Å²) in [5.74, 6) is -0.0884. The lowest BCUT2D eigenvalue weighted by Gasteiger charge is -2.24. The van der Waals surface area contributed by atoms with Gasteiger partial charge < -0.3 is 4.74 Å². The van der Waals surface area contributed by atoms with Crippen LogP contribution >= 0.6 is 0 Å². The molecule has 0 aromatic carbocycles. The van der Waals surface area contributed by atoms with Crippen LogP contribution in [-0.2, 0) is 19.4 Å². The highest BCUT2D eigenvalue weighted by Gasteiger charge is 2.17. The minimum atomic E-state index is -2.99. The Labute approximate surface area is 104 Å². The van der Waals surface area contributed by atoms with Crippen molar-refractivity contribution in [1.29, 1.82) is 0 Å². The summed E-state index contributed by atoms with van der Waals surface area (Å²) in [6.45, 7) is 8.09. The minimum Gasteiger partial charge on any atom is -0.465 e. The number of carbonyl (C=O) groups excluding carboxylic acids is 1. The van der Waals surface area contributed by atoms with Crippen molar-refractivity contribution in [2.75, 3.05) is 31.2 Å². The van der Waals surface area contributed by atoms with Gasteiger partial charge in [-0.1, -0.05) is 6.92 Å². The Morgan fingerprint density at radius 2 is 1.88 bits per heavy atom. The molecule has 0 fully saturated rings. The van der Waals surface area contributed by atoms with E-state index in [1.54, 1.807) is 13.8 Å². The Hall–Kier alpha value is -0.620. The Kier molecular flexibility index (Phi) is 7.38. The summed E-state index contributed by atoms with van der Waals surface area (Å²) in [6.07, 6.45) is 0. The summed E-state index contributed by atoms with van der Waals surface area (Å²) in [7, 11) is -2.99. The third-order valence-corrected chi connectivity index (χ3v) is 4.18. The van der Waals surface area contributed by atoms with Crippen LogP contribution in [0.5, 0.6) is 0 Å². The number of nitrogens with zero attached hydrogens (tertiary/aromatic N) is 1. The zero-order chi connectivity index (χ0) is 13.5. The van der Waals surface area contributed by atoms with E-state index in [-0.39, 0.29) is 30.1 Å². The van der Waals surface area contributed by atoms with Crippen LogP contribution < -0.4 is 0 Å². The molecule has 102 valence electrons. The molecule has 0 unspecified atom stereocenters. The zero-order valence-electron chi connectivity index (χ0n) is 11.1. The summed E-state index contributed by atoms with van der Waals surface area (Å²) < 4.78 is 27.6. The molecule has 17 heavy (non-hydrogen) atoms. The molecule has 0 aliphatic rings. The summed E-state index contributed by atoms with van der Waals surface area (Å²) in [4.78, 5) is 13.1. The van der Waals surface area contributed by atoms with Gasteiger partial charge in [0, 0.05) is 18.3 Å². The average molecular weight is 265 g/mol. The third kappa shape index (κ3) is 7.33. The van der Waals surface area contributed by atoms with Crippen molar-refractivity contribution in [3.63, 3.8) is 0 Å². The smallest absolute Gasteiger partial charge is 0.320 e. The Morgan fingerprint density at radius 3 is 2.29 bits per heavy atom. The summed E-state index contributed by atoms with van der Waals surface area (Å²) in [5.41, 5.74) is 0. The van der Waals surface area contributed by atoms with Crippen LogP contribution in [0.25, 0.3) is 0 Å². The fourth-order valence-corrected chi connectivity index (χ4v) is 2.09. The molecule has 0 bridgehead atoms. The lowest BCUT2D eigenvalue weighted by atomic mass is 10.3. The first-order chi connectivity index (χ1) is 7.82. The van der Waals surface area contributed by atoms with Crippen LogP contribution in [0, 0.1) is 0 Å². The van der Waals surface area contributed by atoms with Crippen LogP contribution in [0.2, 0.25) is 0 Å². The highest BCUT2D eigenvalue weighted by atomic mass is 32.2. The molecule has 0 aromatic heterocycles. The van der Waals surface area contributed by atoms with Gasteiger partial charge in [0.2, 0.25) is 0 Å². The normalized spacial score (nSPS) is 12.1. The molecule has 5 nitrogen and oxygen atoms in total. The van der Waals surface area contributed by atoms with Gasteiger partial charge in [0.25, 0.3) is 0 Å². The maximum atomic E-state index is 11.4. The van der Waals surface area contributed by atoms with Gasteiger partial charge in [-0.3, -0.25) is 9.69 Å². The van der Waals surface area contributed by atoms with E-state index in [1.165, 1.54) is 0 Å². The van der Waals surface area contributed by atoms with Crippen LogP contribution in [0.3, 0.4) is 0 Å². The molecule has 0 aliphatic heterocycles. The molecule has 0 saturated heterocycles. The van der Waals surface area contributed by atoms with Crippen molar-refractivity contribution in [3.8, 4) is 0 Å². The molecule has 0 aliphatic carbocycles. The maximum absolute atomic E-state index is 11.4. The van der Waals surface area contributed by atoms with Gasteiger partial charge >= 0.3 is 5.97 Å². The number of rotatable bonds is 8. The Bertz CT molecular complexity index is 324. The van der Waals surface area contributed by atoms with E-state index in [9.17, 15) is 13.2 Å². The molecular weight excluding hydrogens is 242 g/mol. The lowest BCUT2D eigenvalue weighted by Crippen LogP contribution is -2.39. The van der Waals surface area contributed by atoms with E-state index in [4.69, 9.17) is 4.74 Å². The number of ether oxygens (including phenoxy) is 1. The zero-order valence-corrected chi connectivity index (χ0v) is 11.9. The minimum absolute atomic E-state index is 0.0844. The highest BCUT2D eigenvalue weighted by molar-refractivity contribution is 7.91. The molecule has 0 saturated carbocycles. The van der Waals surface area contributed by atoms with Gasteiger partial charge in [0.15, 0.2) is 9.84 Å². The van der Waals surface area contributed by atoms with Crippen LogP contribution in [0.15, 0.2) is 0 Å². The van der Waals surface area contributed by atoms with Crippen LogP contribution in [0.4, 0.5) is 0 Å². The predicted molar refractivity (Wildman–Crippen MR) is 67.7 cm³/mol. The lowest BCUT2D eigenvalue weighted by molar-refractivity contribution is -0.144. The van der Waals surface area contributed by atoms with E-state index in [2.05, 4.69) is 0 Å². The number of hydrogen-bond acceptors (Lipinski definition) is 5. The quantitative estimate of drug-likeness (QED) is 0.604. The first kappa shape index (κ1) is 16.4. The molecule has 0 rings (SSSR count). The highest BCUT2D eigenvalue weighted by Crippen LogP contribution is 2.01. The second kappa shape index (κ2) is 7.66. The molecule has 0 aromatic rings. The van der Waals surface area contributed by atoms with E-state index >= 15 is 0 Å². The van der Waals surface area contributed by atoms with Gasteiger partial charge in [-0.15, -0.1) is 0 Å². The molecule has 0 amide bonds. The maximum Gasteiger partial charge on any atom is 0.320 e. The van der Waals surface area contributed by atoms with Crippen molar-refractivity contribution in [1.82, 2.24) is 4.90 Å². The average Bonchev–Trinajstić information content (AvgIpc) is 2.24. The number of sulfone groups is 1. The number of esters is 1. The van der Waals surface area contributed by atoms with Crippen molar-refractivity contribution >= 4 is 15.8 Å². The molecular formula is C11H23NO4S. The van der Waals surface area contributed by atoms with Crippen molar-refractivity contribution in [2.24, 2.45) is 0 Å². The molecule has 0 heterocycles. The predicted octanol–water partition coefficient (Wildman–Crippen LogP) is 0.695. The van der Waals surface area contributed by atoms with Crippen molar-refractivity contribution in [2.45, 2.75) is 33.7 Å². The van der Waals surface area contributed by atoms with Gasteiger partial charge in [0.1, 0.15) is 0 Å². The van der Waals surface area contributed by atoms with Gasteiger partial charge in [-0.2, -0.15) is 0 Å². The molecule has 6 heteroatoms. The molecule has 0 N–H and O–H groups in total. The topological polar surface area (TPSA) is 63.7 Å². The van der Waals surface area contributed by atoms with Gasteiger partial charge in [-0.05, 0) is 20.8 Å². The van der Waals surface area contributed by atoms with Crippen LogP contribution in [-0.4, -0.2) is 56.5 Å². The fourth-order valence-electron chi connectivity index (χ4n) is 1.29. The van der Waals surface area contributed by atoms with E-state index in [1.807, 2.05) is 18.7 Å². The third-order valence-electron chi connectivity index (χ3n) is 2.50. The summed E-state index contributed by atoms with van der Waals surface area (Å²) in [5, 5.41) is 0.